The minimum absolute atomic E-state index is 0.0754. The number of nitrogens with two attached hydrogens (primary N) is 1. The lowest BCUT2D eigenvalue weighted by molar-refractivity contribution is 0.0933. The van der Waals surface area contributed by atoms with Gasteiger partial charge in [-0.25, -0.2) is 4.79 Å². The first-order valence-corrected chi connectivity index (χ1v) is 10.2. The molecule has 1 saturated carbocycles. The third-order valence-corrected chi connectivity index (χ3v) is 5.55. The van der Waals surface area contributed by atoms with Gasteiger partial charge >= 0.3 is 5.69 Å². The molecule has 1 aliphatic carbocycles. The summed E-state index contributed by atoms with van der Waals surface area (Å²) in [5.74, 6) is 0.537. The fourth-order valence-corrected chi connectivity index (χ4v) is 3.95. The van der Waals surface area contributed by atoms with Gasteiger partial charge < -0.3 is 20.8 Å². The lowest BCUT2D eigenvalue weighted by Gasteiger charge is -2.15. The Labute approximate surface area is 178 Å². The van der Waals surface area contributed by atoms with Crippen molar-refractivity contribution in [1.82, 2.24) is 15.3 Å². The third kappa shape index (κ3) is 4.85. The number of H-pyrrole nitrogens is 2. The van der Waals surface area contributed by atoms with Gasteiger partial charge in [0.1, 0.15) is 23.7 Å². The summed E-state index contributed by atoms with van der Waals surface area (Å²) in [6.45, 7) is 0.503. The summed E-state index contributed by atoms with van der Waals surface area (Å²) in [7, 11) is 0. The van der Waals surface area contributed by atoms with Crippen LogP contribution in [0.3, 0.4) is 0 Å². The number of ether oxygens (including phenoxy) is 1. The van der Waals surface area contributed by atoms with Crippen LogP contribution >= 0.6 is 0 Å². The summed E-state index contributed by atoms with van der Waals surface area (Å²) in [6, 6.07) is 17.9. The van der Waals surface area contributed by atoms with Gasteiger partial charge in [0.05, 0.1) is 0 Å². The standard InChI is InChI=1S/C23H24N4O4/c24-19-20(26-23(30)27-21(19)28)22(29)25-17-10-9-16(11-17)15-7-4-8-18(12-15)31-13-14-5-2-1-3-6-14/h1-8,12,16-17H,9-11,13,24H2,(H,25,29)(H2,26,27,28,30). The molecule has 31 heavy (non-hydrogen) atoms. The van der Waals surface area contributed by atoms with Crippen LogP contribution < -0.4 is 27.0 Å². The Bertz CT molecular complexity index is 1190. The normalized spacial score (nSPS) is 17.9. The Morgan fingerprint density at radius 1 is 1.06 bits per heavy atom. The Kier molecular flexibility index (Phi) is 5.88. The van der Waals surface area contributed by atoms with Crippen LogP contribution in [0.25, 0.3) is 0 Å². The molecular formula is C23H24N4O4. The van der Waals surface area contributed by atoms with Gasteiger partial charge in [-0.3, -0.25) is 14.6 Å². The number of benzene rings is 2. The van der Waals surface area contributed by atoms with E-state index >= 15 is 0 Å². The van der Waals surface area contributed by atoms with Crippen molar-refractivity contribution < 1.29 is 9.53 Å². The Balaban J connectivity index is 1.38. The van der Waals surface area contributed by atoms with E-state index in [2.05, 4.69) is 16.4 Å². The van der Waals surface area contributed by atoms with E-state index < -0.39 is 17.2 Å². The van der Waals surface area contributed by atoms with Crippen molar-refractivity contribution in [3.05, 3.63) is 92.3 Å². The van der Waals surface area contributed by atoms with E-state index in [1.807, 2.05) is 53.5 Å². The molecule has 3 aromatic rings. The third-order valence-electron chi connectivity index (χ3n) is 5.55. The van der Waals surface area contributed by atoms with Crippen molar-refractivity contribution in [1.29, 1.82) is 0 Å². The van der Waals surface area contributed by atoms with Gasteiger partial charge in [0.2, 0.25) is 0 Å². The maximum Gasteiger partial charge on any atom is 0.326 e. The molecule has 0 saturated heterocycles. The molecule has 8 heteroatoms. The lowest BCUT2D eigenvalue weighted by atomic mass is 9.97. The second-order valence-electron chi connectivity index (χ2n) is 7.72. The molecule has 0 spiro atoms. The molecule has 1 amide bonds. The second kappa shape index (κ2) is 8.91. The van der Waals surface area contributed by atoms with Crippen LogP contribution in [0, 0.1) is 0 Å². The topological polar surface area (TPSA) is 130 Å². The van der Waals surface area contributed by atoms with Crippen LogP contribution in [0.2, 0.25) is 0 Å². The van der Waals surface area contributed by atoms with Crippen molar-refractivity contribution in [3.63, 3.8) is 0 Å². The van der Waals surface area contributed by atoms with Crippen LogP contribution in [0.4, 0.5) is 5.69 Å². The molecule has 5 N–H and O–H groups in total. The van der Waals surface area contributed by atoms with Crippen LogP contribution in [0.15, 0.2) is 64.2 Å². The molecule has 1 heterocycles. The first-order valence-electron chi connectivity index (χ1n) is 10.2. The first-order chi connectivity index (χ1) is 15.0. The molecule has 8 nitrogen and oxygen atoms in total. The zero-order chi connectivity index (χ0) is 21.8. The molecule has 4 rings (SSSR count). The highest BCUT2D eigenvalue weighted by atomic mass is 16.5. The number of carbonyl (C=O) groups excluding carboxylic acids is 1. The van der Waals surface area contributed by atoms with E-state index in [-0.39, 0.29) is 23.3 Å². The van der Waals surface area contributed by atoms with Gasteiger partial charge in [-0.15, -0.1) is 0 Å². The quantitative estimate of drug-likeness (QED) is 0.486. The molecule has 0 aliphatic heterocycles. The zero-order valence-corrected chi connectivity index (χ0v) is 16.9. The summed E-state index contributed by atoms with van der Waals surface area (Å²) >= 11 is 0. The molecule has 160 valence electrons. The van der Waals surface area contributed by atoms with Crippen LogP contribution in [0.1, 0.15) is 46.8 Å². The maximum absolute atomic E-state index is 12.5. The van der Waals surface area contributed by atoms with Crippen molar-refractivity contribution in [3.8, 4) is 5.75 Å². The van der Waals surface area contributed by atoms with Gasteiger partial charge in [0.25, 0.3) is 11.5 Å². The minimum Gasteiger partial charge on any atom is -0.489 e. The average Bonchev–Trinajstić information content (AvgIpc) is 3.24. The molecule has 2 aromatic carbocycles. The number of nitrogens with one attached hydrogen (secondary N) is 3. The number of carbonyl (C=O) groups is 1. The highest BCUT2D eigenvalue weighted by Gasteiger charge is 2.28. The van der Waals surface area contributed by atoms with Gasteiger partial charge in [-0.05, 0) is 48.4 Å². The highest BCUT2D eigenvalue weighted by Crippen LogP contribution is 2.36. The van der Waals surface area contributed by atoms with Crippen molar-refractivity contribution in [2.45, 2.75) is 37.8 Å². The Morgan fingerprint density at radius 3 is 2.68 bits per heavy atom. The summed E-state index contributed by atoms with van der Waals surface area (Å²) in [4.78, 5) is 39.9. The largest absolute Gasteiger partial charge is 0.489 e. The first kappa shape index (κ1) is 20.5. The lowest BCUT2D eigenvalue weighted by Crippen LogP contribution is -2.37. The SMILES string of the molecule is Nc1c(C(=O)NC2CCC(c3cccc(OCc4ccccc4)c3)C2)[nH]c(=O)[nH]c1=O. The Morgan fingerprint density at radius 2 is 1.87 bits per heavy atom. The summed E-state index contributed by atoms with van der Waals surface area (Å²) < 4.78 is 5.93. The summed E-state index contributed by atoms with van der Waals surface area (Å²) in [5.41, 5.74) is 5.87. The van der Waals surface area contributed by atoms with Crippen molar-refractivity contribution >= 4 is 11.6 Å². The van der Waals surface area contributed by atoms with Crippen LogP contribution in [-0.4, -0.2) is 21.9 Å². The second-order valence-corrected chi connectivity index (χ2v) is 7.72. The van der Waals surface area contributed by atoms with Gasteiger partial charge in [-0.1, -0.05) is 42.5 Å². The Hall–Kier alpha value is -3.81. The molecule has 2 unspecified atom stereocenters. The number of hydrogen-bond donors (Lipinski definition) is 4. The van der Waals surface area contributed by atoms with E-state index in [4.69, 9.17) is 10.5 Å². The van der Waals surface area contributed by atoms with Crippen LogP contribution in [-0.2, 0) is 6.61 Å². The number of hydrogen-bond acceptors (Lipinski definition) is 5. The number of rotatable bonds is 6. The van der Waals surface area contributed by atoms with Gasteiger partial charge in [-0.2, -0.15) is 0 Å². The predicted molar refractivity (Wildman–Crippen MR) is 117 cm³/mol. The van der Waals surface area contributed by atoms with Gasteiger partial charge in [0, 0.05) is 6.04 Å². The molecule has 2 atom stereocenters. The minimum atomic E-state index is -0.773. The number of aromatic nitrogens is 2. The fourth-order valence-electron chi connectivity index (χ4n) is 3.95. The highest BCUT2D eigenvalue weighted by molar-refractivity contribution is 5.96. The number of nitrogen functional groups attached to an aromatic ring is 1. The smallest absolute Gasteiger partial charge is 0.326 e. The van der Waals surface area contributed by atoms with Crippen molar-refractivity contribution in [2.24, 2.45) is 0 Å². The van der Waals surface area contributed by atoms with E-state index in [0.717, 1.165) is 36.1 Å². The molecule has 1 fully saturated rings. The summed E-state index contributed by atoms with van der Waals surface area (Å²) in [6.07, 6.45) is 2.45. The molecule has 0 radical (unpaired) electrons. The molecule has 0 bridgehead atoms. The number of amides is 1. The number of aromatic amines is 2. The fraction of sp³-hybridized carbons (Fsp3) is 0.261. The van der Waals surface area contributed by atoms with E-state index in [1.165, 1.54) is 0 Å². The van der Waals surface area contributed by atoms with E-state index in [0.29, 0.717) is 6.61 Å². The predicted octanol–water partition coefficient (Wildman–Crippen LogP) is 2.29. The molecular weight excluding hydrogens is 396 g/mol. The van der Waals surface area contributed by atoms with Gasteiger partial charge in [0.15, 0.2) is 0 Å². The zero-order valence-electron chi connectivity index (χ0n) is 16.9. The van der Waals surface area contributed by atoms with E-state index in [1.54, 1.807) is 0 Å². The van der Waals surface area contributed by atoms with E-state index in [9.17, 15) is 14.4 Å². The number of anilines is 1. The monoisotopic (exact) mass is 420 g/mol. The van der Waals surface area contributed by atoms with Crippen molar-refractivity contribution in [2.75, 3.05) is 5.73 Å². The molecule has 1 aromatic heterocycles. The maximum atomic E-state index is 12.5. The van der Waals surface area contributed by atoms with Crippen LogP contribution in [0.5, 0.6) is 5.75 Å². The summed E-state index contributed by atoms with van der Waals surface area (Å²) in [5, 5.41) is 2.88. The average molecular weight is 420 g/mol. The molecule has 1 aliphatic rings.